The highest BCUT2D eigenvalue weighted by atomic mass is 16.5. The first-order valence-electron chi connectivity index (χ1n) is 5.22. The van der Waals surface area contributed by atoms with Crippen LogP contribution in [-0.4, -0.2) is 24.3 Å². The smallest absolute Gasteiger partial charge is 0.213 e. The van der Waals surface area contributed by atoms with E-state index in [1.54, 1.807) is 6.20 Å². The number of pyridine rings is 1. The van der Waals surface area contributed by atoms with Crippen LogP contribution in [0, 0.1) is 6.92 Å². The van der Waals surface area contributed by atoms with Gasteiger partial charge in [-0.3, -0.25) is 0 Å². The largest absolute Gasteiger partial charge is 0.474 e. The molecule has 1 aliphatic heterocycles. The lowest BCUT2D eigenvalue weighted by molar-refractivity contribution is 0.0237. The Hall–Kier alpha value is -1.29. The van der Waals surface area contributed by atoms with Crippen LogP contribution in [0.15, 0.2) is 12.3 Å². The van der Waals surface area contributed by atoms with E-state index in [0.717, 1.165) is 31.6 Å². The number of nitrogens with two attached hydrogens (primary N) is 1. The minimum absolute atomic E-state index is 0.231. The van der Waals surface area contributed by atoms with Crippen molar-refractivity contribution < 1.29 is 9.47 Å². The maximum atomic E-state index is 5.74. The fourth-order valence-corrected chi connectivity index (χ4v) is 1.57. The third-order valence-corrected chi connectivity index (χ3v) is 2.58. The minimum Gasteiger partial charge on any atom is -0.474 e. The Bertz CT molecular complexity index is 335. The lowest BCUT2D eigenvalue weighted by Crippen LogP contribution is -2.26. The third-order valence-electron chi connectivity index (χ3n) is 2.58. The van der Waals surface area contributed by atoms with Gasteiger partial charge in [0, 0.05) is 18.9 Å². The van der Waals surface area contributed by atoms with Crippen LogP contribution < -0.4 is 10.5 Å². The summed E-state index contributed by atoms with van der Waals surface area (Å²) in [7, 11) is 0. The van der Waals surface area contributed by atoms with Gasteiger partial charge in [0.2, 0.25) is 5.88 Å². The molecule has 0 spiro atoms. The maximum Gasteiger partial charge on any atom is 0.213 e. The van der Waals surface area contributed by atoms with Crippen LogP contribution in [0.1, 0.15) is 18.4 Å². The highest BCUT2D eigenvalue weighted by Crippen LogP contribution is 2.19. The summed E-state index contributed by atoms with van der Waals surface area (Å²) in [4.78, 5) is 4.15. The summed E-state index contributed by atoms with van der Waals surface area (Å²) in [5, 5.41) is 0. The zero-order valence-corrected chi connectivity index (χ0v) is 8.90. The van der Waals surface area contributed by atoms with Crippen LogP contribution >= 0.6 is 0 Å². The molecule has 2 heterocycles. The monoisotopic (exact) mass is 208 g/mol. The molecule has 1 fully saturated rings. The summed E-state index contributed by atoms with van der Waals surface area (Å²) in [5.41, 5.74) is 7.39. The van der Waals surface area contributed by atoms with E-state index in [0.29, 0.717) is 11.6 Å². The summed E-state index contributed by atoms with van der Waals surface area (Å²) >= 11 is 0. The number of nitrogens with zero attached hydrogens (tertiary/aromatic N) is 1. The lowest BCUT2D eigenvalue weighted by atomic mass is 10.1. The molecular formula is C11H16N2O2. The second-order valence-electron chi connectivity index (χ2n) is 3.81. The Morgan fingerprint density at radius 2 is 2.20 bits per heavy atom. The predicted octanol–water partition coefficient (Wildman–Crippen LogP) is 1.53. The molecule has 0 aromatic carbocycles. The van der Waals surface area contributed by atoms with Crippen LogP contribution in [0.2, 0.25) is 0 Å². The lowest BCUT2D eigenvalue weighted by Gasteiger charge is -2.22. The van der Waals surface area contributed by atoms with Gasteiger partial charge in [0.1, 0.15) is 6.10 Å². The SMILES string of the molecule is Cc1cc(OC2CCOCC2)ncc1N. The quantitative estimate of drug-likeness (QED) is 0.800. The number of aromatic nitrogens is 1. The van der Waals surface area contributed by atoms with Crippen molar-refractivity contribution in [2.45, 2.75) is 25.9 Å². The highest BCUT2D eigenvalue weighted by molar-refractivity contribution is 5.45. The van der Waals surface area contributed by atoms with Crippen molar-refractivity contribution >= 4 is 5.69 Å². The number of ether oxygens (including phenoxy) is 2. The van der Waals surface area contributed by atoms with E-state index in [1.807, 2.05) is 13.0 Å². The van der Waals surface area contributed by atoms with Gasteiger partial charge in [0.25, 0.3) is 0 Å². The molecule has 0 bridgehead atoms. The zero-order valence-electron chi connectivity index (χ0n) is 8.90. The van der Waals surface area contributed by atoms with Gasteiger partial charge < -0.3 is 15.2 Å². The van der Waals surface area contributed by atoms with Gasteiger partial charge in [-0.05, 0) is 12.5 Å². The van der Waals surface area contributed by atoms with Crippen molar-refractivity contribution in [1.82, 2.24) is 4.98 Å². The van der Waals surface area contributed by atoms with E-state index in [-0.39, 0.29) is 6.10 Å². The fraction of sp³-hybridized carbons (Fsp3) is 0.545. The molecule has 0 radical (unpaired) electrons. The molecule has 15 heavy (non-hydrogen) atoms. The van der Waals surface area contributed by atoms with Crippen LogP contribution in [0.4, 0.5) is 5.69 Å². The van der Waals surface area contributed by atoms with Crippen LogP contribution in [0.3, 0.4) is 0 Å². The molecule has 1 aliphatic rings. The molecule has 1 saturated heterocycles. The Balaban J connectivity index is 2.00. The summed E-state index contributed by atoms with van der Waals surface area (Å²) in [6, 6.07) is 1.88. The first kappa shape index (κ1) is 10.2. The molecule has 1 aromatic rings. The normalized spacial score (nSPS) is 17.7. The van der Waals surface area contributed by atoms with Gasteiger partial charge in [0.05, 0.1) is 25.1 Å². The molecule has 2 N–H and O–H groups in total. The van der Waals surface area contributed by atoms with E-state index >= 15 is 0 Å². The topological polar surface area (TPSA) is 57.4 Å². The van der Waals surface area contributed by atoms with E-state index in [1.165, 1.54) is 0 Å². The first-order valence-corrected chi connectivity index (χ1v) is 5.22. The van der Waals surface area contributed by atoms with Gasteiger partial charge in [-0.2, -0.15) is 0 Å². The van der Waals surface area contributed by atoms with E-state index in [4.69, 9.17) is 15.2 Å². The molecule has 82 valence electrons. The van der Waals surface area contributed by atoms with Gasteiger partial charge in [-0.25, -0.2) is 4.98 Å². The first-order chi connectivity index (χ1) is 7.25. The summed E-state index contributed by atoms with van der Waals surface area (Å²) in [5.74, 6) is 0.661. The van der Waals surface area contributed by atoms with E-state index < -0.39 is 0 Å². The molecule has 1 aromatic heterocycles. The second-order valence-corrected chi connectivity index (χ2v) is 3.81. The second kappa shape index (κ2) is 4.49. The Labute approximate surface area is 89.4 Å². The molecule has 0 amide bonds. The maximum absolute atomic E-state index is 5.74. The van der Waals surface area contributed by atoms with Gasteiger partial charge in [-0.15, -0.1) is 0 Å². The number of hydrogen-bond acceptors (Lipinski definition) is 4. The molecule has 4 nitrogen and oxygen atoms in total. The molecule has 4 heteroatoms. The van der Waals surface area contributed by atoms with E-state index in [9.17, 15) is 0 Å². The molecule has 0 unspecified atom stereocenters. The van der Waals surface area contributed by atoms with Crippen LogP contribution in [0.25, 0.3) is 0 Å². The standard InChI is InChI=1S/C11H16N2O2/c1-8-6-11(13-7-10(8)12)15-9-2-4-14-5-3-9/h6-7,9H,2-5,12H2,1H3. The highest BCUT2D eigenvalue weighted by Gasteiger charge is 2.15. The number of rotatable bonds is 2. The minimum atomic E-state index is 0.231. The third kappa shape index (κ3) is 2.59. The van der Waals surface area contributed by atoms with Crippen molar-refractivity contribution in [2.75, 3.05) is 18.9 Å². The van der Waals surface area contributed by atoms with Crippen molar-refractivity contribution in [3.8, 4) is 5.88 Å². The molecule has 0 aliphatic carbocycles. The number of hydrogen-bond donors (Lipinski definition) is 1. The Morgan fingerprint density at radius 1 is 1.47 bits per heavy atom. The summed E-state index contributed by atoms with van der Waals surface area (Å²) < 4.78 is 11.0. The van der Waals surface area contributed by atoms with Crippen molar-refractivity contribution in [3.05, 3.63) is 17.8 Å². The average molecular weight is 208 g/mol. The predicted molar refractivity (Wildman–Crippen MR) is 57.9 cm³/mol. The van der Waals surface area contributed by atoms with Gasteiger partial charge in [-0.1, -0.05) is 0 Å². The zero-order chi connectivity index (χ0) is 10.7. The average Bonchev–Trinajstić information content (AvgIpc) is 2.25. The van der Waals surface area contributed by atoms with Crippen molar-refractivity contribution in [2.24, 2.45) is 0 Å². The Morgan fingerprint density at radius 3 is 2.87 bits per heavy atom. The summed E-state index contributed by atoms with van der Waals surface area (Å²) in [6.45, 7) is 3.51. The molecule has 0 saturated carbocycles. The van der Waals surface area contributed by atoms with E-state index in [2.05, 4.69) is 4.98 Å². The van der Waals surface area contributed by atoms with Crippen molar-refractivity contribution in [3.63, 3.8) is 0 Å². The summed E-state index contributed by atoms with van der Waals surface area (Å²) in [6.07, 6.45) is 3.74. The Kier molecular flexibility index (Phi) is 3.06. The molecular weight excluding hydrogens is 192 g/mol. The number of anilines is 1. The molecule has 0 atom stereocenters. The van der Waals surface area contributed by atoms with Crippen LogP contribution in [0.5, 0.6) is 5.88 Å². The number of aryl methyl sites for hydroxylation is 1. The van der Waals surface area contributed by atoms with Crippen LogP contribution in [-0.2, 0) is 4.74 Å². The van der Waals surface area contributed by atoms with Gasteiger partial charge in [0.15, 0.2) is 0 Å². The fourth-order valence-electron chi connectivity index (χ4n) is 1.57. The number of nitrogen functional groups attached to an aromatic ring is 1. The molecule has 2 rings (SSSR count). The van der Waals surface area contributed by atoms with Gasteiger partial charge >= 0.3 is 0 Å². The van der Waals surface area contributed by atoms with Crippen molar-refractivity contribution in [1.29, 1.82) is 0 Å².